The number of benzene rings is 1. The molecule has 0 saturated heterocycles. The number of ether oxygens (including phenoxy) is 1. The molecule has 78 valence electrons. The van der Waals surface area contributed by atoms with Gasteiger partial charge < -0.3 is 4.74 Å². The summed E-state index contributed by atoms with van der Waals surface area (Å²) in [6.07, 6.45) is 0. The van der Waals surface area contributed by atoms with Crippen LogP contribution in [0.2, 0.25) is 0 Å². The lowest BCUT2D eigenvalue weighted by atomic mass is 10.3. The van der Waals surface area contributed by atoms with Crippen LogP contribution < -0.4 is 0 Å². The lowest BCUT2D eigenvalue weighted by Gasteiger charge is -1.99. The molecule has 0 atom stereocenters. The third kappa shape index (κ3) is 2.68. The fraction of sp³-hybridized carbons (Fsp3) is 0.200. The van der Waals surface area contributed by atoms with E-state index in [2.05, 4.69) is 11.1 Å². The first kappa shape index (κ1) is 10.9. The molecular formula is C10H9NOS3. The largest absolute Gasteiger partial charge is 0.479 e. The Morgan fingerprint density at radius 2 is 2.33 bits per heavy atom. The predicted octanol–water partition coefficient (Wildman–Crippen LogP) is 3.71. The van der Waals surface area contributed by atoms with Crippen molar-refractivity contribution in [2.45, 2.75) is 11.3 Å². The molecule has 1 aromatic heterocycles. The van der Waals surface area contributed by atoms with E-state index in [-0.39, 0.29) is 0 Å². The Morgan fingerprint density at radius 1 is 1.53 bits per heavy atom. The van der Waals surface area contributed by atoms with Crippen LogP contribution in [0.15, 0.2) is 28.6 Å². The van der Waals surface area contributed by atoms with Crippen molar-refractivity contribution in [1.29, 1.82) is 0 Å². The standard InChI is InChI=1S/C10H9NOS3/c1-2-12-10(13)15-9-11-7-5-3-4-6-8(7)14-9/h3-6H,2H2,1H3. The monoisotopic (exact) mass is 255 g/mol. The highest BCUT2D eigenvalue weighted by Gasteiger charge is 2.06. The van der Waals surface area contributed by atoms with E-state index in [0.29, 0.717) is 11.0 Å². The zero-order valence-corrected chi connectivity index (χ0v) is 10.5. The maximum Gasteiger partial charge on any atom is 0.227 e. The van der Waals surface area contributed by atoms with Crippen LogP contribution in [0.3, 0.4) is 0 Å². The summed E-state index contributed by atoms with van der Waals surface area (Å²) in [6.45, 7) is 2.53. The number of rotatable bonds is 2. The lowest BCUT2D eigenvalue weighted by molar-refractivity contribution is 0.346. The molecule has 0 N–H and O–H groups in total. The Hall–Kier alpha value is -0.650. The van der Waals surface area contributed by atoms with Crippen molar-refractivity contribution < 1.29 is 4.74 Å². The van der Waals surface area contributed by atoms with Crippen molar-refractivity contribution in [2.75, 3.05) is 6.61 Å². The lowest BCUT2D eigenvalue weighted by Crippen LogP contribution is -1.94. The zero-order valence-electron chi connectivity index (χ0n) is 8.10. The van der Waals surface area contributed by atoms with Crippen LogP contribution in [-0.2, 0) is 4.74 Å². The van der Waals surface area contributed by atoms with E-state index in [0.717, 1.165) is 9.86 Å². The normalized spacial score (nSPS) is 10.5. The quantitative estimate of drug-likeness (QED) is 0.602. The maximum absolute atomic E-state index is 5.20. The van der Waals surface area contributed by atoms with Gasteiger partial charge >= 0.3 is 0 Å². The van der Waals surface area contributed by atoms with Crippen molar-refractivity contribution in [2.24, 2.45) is 0 Å². The van der Waals surface area contributed by atoms with Crippen LogP contribution in [0.5, 0.6) is 0 Å². The third-order valence-corrected chi connectivity index (χ3v) is 3.96. The predicted molar refractivity (Wildman–Crippen MR) is 69.7 cm³/mol. The van der Waals surface area contributed by atoms with Crippen LogP contribution in [0, 0.1) is 0 Å². The summed E-state index contributed by atoms with van der Waals surface area (Å²) < 4.78 is 7.86. The topological polar surface area (TPSA) is 22.1 Å². The molecule has 0 saturated carbocycles. The van der Waals surface area contributed by atoms with Gasteiger partial charge in [0.1, 0.15) is 0 Å². The van der Waals surface area contributed by atoms with E-state index in [1.165, 1.54) is 16.5 Å². The molecule has 15 heavy (non-hydrogen) atoms. The molecule has 2 nitrogen and oxygen atoms in total. The highest BCUT2D eigenvalue weighted by Crippen LogP contribution is 2.30. The SMILES string of the molecule is CCOC(=S)Sc1nc2ccccc2s1. The minimum absolute atomic E-state index is 0.538. The first-order valence-electron chi connectivity index (χ1n) is 4.50. The van der Waals surface area contributed by atoms with Crippen LogP contribution in [0.25, 0.3) is 10.2 Å². The maximum atomic E-state index is 5.20. The molecule has 5 heteroatoms. The second-order valence-corrected chi connectivity index (χ2v) is 5.61. The first-order valence-corrected chi connectivity index (χ1v) is 6.54. The number of aromatic nitrogens is 1. The van der Waals surface area contributed by atoms with Gasteiger partial charge in [-0.3, -0.25) is 0 Å². The second kappa shape index (κ2) is 4.92. The number of thiazole rings is 1. The van der Waals surface area contributed by atoms with E-state index >= 15 is 0 Å². The molecule has 1 aromatic carbocycles. The summed E-state index contributed by atoms with van der Waals surface area (Å²) in [5.41, 5.74) is 1.02. The number of hydrogen-bond donors (Lipinski definition) is 0. The molecule has 2 rings (SSSR count). The summed E-state index contributed by atoms with van der Waals surface area (Å²) in [5, 5.41) is 0. The summed E-state index contributed by atoms with van der Waals surface area (Å²) in [7, 11) is 0. The summed E-state index contributed by atoms with van der Waals surface area (Å²) >= 11 is 8.09. The Balaban J connectivity index is 2.18. The van der Waals surface area contributed by atoms with Gasteiger partial charge in [0.25, 0.3) is 0 Å². The van der Waals surface area contributed by atoms with Gasteiger partial charge in [0.2, 0.25) is 4.38 Å². The van der Waals surface area contributed by atoms with Gasteiger partial charge in [-0.2, -0.15) is 0 Å². The van der Waals surface area contributed by atoms with E-state index in [1.807, 2.05) is 25.1 Å². The molecule has 0 radical (unpaired) electrons. The average Bonchev–Trinajstić information content (AvgIpc) is 2.59. The van der Waals surface area contributed by atoms with Gasteiger partial charge in [0, 0.05) is 0 Å². The van der Waals surface area contributed by atoms with Gasteiger partial charge in [0.05, 0.1) is 16.8 Å². The van der Waals surface area contributed by atoms with Crippen LogP contribution in [0.4, 0.5) is 0 Å². The molecule has 0 unspecified atom stereocenters. The minimum atomic E-state index is 0.538. The van der Waals surface area contributed by atoms with Crippen molar-refractivity contribution in [1.82, 2.24) is 4.98 Å². The molecule has 0 amide bonds. The Bertz CT molecular complexity index is 447. The molecule has 2 aromatic rings. The average molecular weight is 255 g/mol. The van der Waals surface area contributed by atoms with Crippen molar-refractivity contribution in [3.8, 4) is 0 Å². The Kier molecular flexibility index (Phi) is 3.56. The van der Waals surface area contributed by atoms with Crippen molar-refractivity contribution in [3.63, 3.8) is 0 Å². The van der Waals surface area contributed by atoms with Crippen molar-refractivity contribution in [3.05, 3.63) is 24.3 Å². The Labute approximate surface area is 102 Å². The summed E-state index contributed by atoms with van der Waals surface area (Å²) in [5.74, 6) is 0. The molecule has 0 fully saturated rings. The van der Waals surface area contributed by atoms with Crippen LogP contribution in [0.1, 0.15) is 6.92 Å². The van der Waals surface area contributed by atoms with E-state index < -0.39 is 0 Å². The van der Waals surface area contributed by atoms with Gasteiger partial charge in [0.15, 0.2) is 4.34 Å². The zero-order chi connectivity index (χ0) is 10.7. The molecule has 0 aliphatic carbocycles. The number of nitrogens with zero attached hydrogens (tertiary/aromatic N) is 1. The number of thioether (sulfide) groups is 1. The van der Waals surface area contributed by atoms with Gasteiger partial charge in [-0.25, -0.2) is 4.98 Å². The molecule has 0 bridgehead atoms. The third-order valence-electron chi connectivity index (χ3n) is 1.71. The fourth-order valence-electron chi connectivity index (χ4n) is 1.11. The summed E-state index contributed by atoms with van der Waals surface area (Å²) in [6, 6.07) is 8.05. The molecule has 0 aliphatic heterocycles. The van der Waals surface area contributed by atoms with Crippen molar-refractivity contribution >= 4 is 49.9 Å². The smallest absolute Gasteiger partial charge is 0.227 e. The molecular weight excluding hydrogens is 246 g/mol. The van der Waals surface area contributed by atoms with E-state index in [9.17, 15) is 0 Å². The van der Waals surface area contributed by atoms with Crippen LogP contribution >= 0.6 is 35.3 Å². The first-order chi connectivity index (χ1) is 7.29. The molecule has 0 spiro atoms. The number of para-hydroxylation sites is 1. The number of hydrogen-bond acceptors (Lipinski definition) is 5. The Morgan fingerprint density at radius 3 is 3.07 bits per heavy atom. The van der Waals surface area contributed by atoms with Gasteiger partial charge in [-0.15, -0.1) is 11.3 Å². The minimum Gasteiger partial charge on any atom is -0.479 e. The number of fused-ring (bicyclic) bond motifs is 1. The van der Waals surface area contributed by atoms with E-state index in [4.69, 9.17) is 17.0 Å². The van der Waals surface area contributed by atoms with Crippen LogP contribution in [-0.4, -0.2) is 16.0 Å². The summed E-state index contributed by atoms with van der Waals surface area (Å²) in [4.78, 5) is 4.45. The highest BCUT2D eigenvalue weighted by molar-refractivity contribution is 8.23. The fourth-order valence-corrected chi connectivity index (χ4v) is 3.45. The highest BCUT2D eigenvalue weighted by atomic mass is 32.2. The van der Waals surface area contributed by atoms with E-state index in [1.54, 1.807) is 11.3 Å². The number of thiocarbonyl (C=S) groups is 1. The molecule has 1 heterocycles. The molecule has 0 aliphatic rings. The van der Waals surface area contributed by atoms with Gasteiger partial charge in [-0.1, -0.05) is 12.1 Å². The van der Waals surface area contributed by atoms with Gasteiger partial charge in [-0.05, 0) is 43.0 Å². The second-order valence-electron chi connectivity index (χ2n) is 2.73.